The summed E-state index contributed by atoms with van der Waals surface area (Å²) >= 11 is 3.52. The molecule has 1 saturated carbocycles. The molecule has 2 atom stereocenters. The third-order valence-electron chi connectivity index (χ3n) is 3.87. The maximum atomic E-state index is 10.0. The van der Waals surface area contributed by atoms with Crippen molar-refractivity contribution in [1.29, 1.82) is 0 Å². The standard InChI is InChI=1S/C16H24BrNO3/c1-3-21-15-9-11(8-12(17)16(15)20-2)10-18-13-6-4-5-7-14(13)19/h8-9,13-14,18-19H,3-7,10H2,1-2H3. The maximum Gasteiger partial charge on any atom is 0.174 e. The van der Waals surface area contributed by atoms with E-state index in [4.69, 9.17) is 9.47 Å². The predicted octanol–water partition coefficient (Wildman–Crippen LogP) is 3.25. The zero-order valence-corrected chi connectivity index (χ0v) is 14.3. The molecule has 1 fully saturated rings. The molecule has 0 aliphatic heterocycles. The van der Waals surface area contributed by atoms with Crippen molar-refractivity contribution >= 4 is 15.9 Å². The summed E-state index contributed by atoms with van der Waals surface area (Å²) in [5.74, 6) is 1.47. The zero-order valence-electron chi connectivity index (χ0n) is 12.7. The van der Waals surface area contributed by atoms with E-state index in [1.807, 2.05) is 19.1 Å². The normalized spacial score (nSPS) is 22.1. The van der Waals surface area contributed by atoms with Crippen LogP contribution in [-0.2, 0) is 6.54 Å². The van der Waals surface area contributed by atoms with Gasteiger partial charge >= 0.3 is 0 Å². The van der Waals surface area contributed by atoms with Crippen LogP contribution in [0.1, 0.15) is 38.2 Å². The van der Waals surface area contributed by atoms with Crippen molar-refractivity contribution in [2.75, 3.05) is 13.7 Å². The number of aliphatic hydroxyl groups excluding tert-OH is 1. The van der Waals surface area contributed by atoms with E-state index < -0.39 is 0 Å². The van der Waals surface area contributed by atoms with E-state index >= 15 is 0 Å². The van der Waals surface area contributed by atoms with Crippen LogP contribution in [0.5, 0.6) is 11.5 Å². The first kappa shape index (κ1) is 16.6. The molecule has 5 heteroatoms. The van der Waals surface area contributed by atoms with Crippen LogP contribution in [0, 0.1) is 0 Å². The molecule has 1 aliphatic rings. The lowest BCUT2D eigenvalue weighted by Crippen LogP contribution is -2.41. The first-order valence-electron chi connectivity index (χ1n) is 7.56. The number of nitrogens with one attached hydrogen (secondary N) is 1. The van der Waals surface area contributed by atoms with Gasteiger partial charge in [-0.25, -0.2) is 0 Å². The third-order valence-corrected chi connectivity index (χ3v) is 4.46. The molecule has 4 nitrogen and oxygen atoms in total. The van der Waals surface area contributed by atoms with E-state index in [0.29, 0.717) is 13.2 Å². The Balaban J connectivity index is 2.05. The van der Waals surface area contributed by atoms with Gasteiger partial charge in [0.25, 0.3) is 0 Å². The smallest absolute Gasteiger partial charge is 0.174 e. The monoisotopic (exact) mass is 357 g/mol. The lowest BCUT2D eigenvalue weighted by Gasteiger charge is -2.28. The molecule has 2 rings (SSSR count). The number of benzene rings is 1. The van der Waals surface area contributed by atoms with E-state index in [1.165, 1.54) is 6.42 Å². The van der Waals surface area contributed by atoms with Gasteiger partial charge in [0.15, 0.2) is 11.5 Å². The largest absolute Gasteiger partial charge is 0.492 e. The number of methoxy groups -OCH3 is 1. The summed E-state index contributed by atoms with van der Waals surface area (Å²) < 4.78 is 11.9. The second kappa shape index (κ2) is 8.01. The van der Waals surface area contributed by atoms with Crippen molar-refractivity contribution in [3.05, 3.63) is 22.2 Å². The molecule has 1 aromatic carbocycles. The molecule has 2 unspecified atom stereocenters. The summed E-state index contributed by atoms with van der Waals surface area (Å²) in [6, 6.07) is 4.22. The molecule has 118 valence electrons. The second-order valence-electron chi connectivity index (χ2n) is 5.38. The fourth-order valence-electron chi connectivity index (χ4n) is 2.78. The van der Waals surface area contributed by atoms with Gasteiger partial charge in [-0.1, -0.05) is 12.8 Å². The summed E-state index contributed by atoms with van der Waals surface area (Å²) in [5, 5.41) is 13.5. The van der Waals surface area contributed by atoms with Crippen molar-refractivity contribution in [3.8, 4) is 11.5 Å². The number of rotatable bonds is 6. The number of halogens is 1. The number of aliphatic hydroxyl groups is 1. The Morgan fingerprint density at radius 2 is 2.10 bits per heavy atom. The first-order chi connectivity index (χ1) is 10.2. The van der Waals surface area contributed by atoms with Crippen LogP contribution in [0.2, 0.25) is 0 Å². The molecular formula is C16H24BrNO3. The Kier molecular flexibility index (Phi) is 6.33. The first-order valence-corrected chi connectivity index (χ1v) is 8.35. The Bertz CT molecular complexity index is 467. The molecule has 2 N–H and O–H groups in total. The molecule has 0 aromatic heterocycles. The minimum absolute atomic E-state index is 0.190. The Labute approximate surface area is 135 Å². The van der Waals surface area contributed by atoms with Crippen LogP contribution in [-0.4, -0.2) is 31.0 Å². The second-order valence-corrected chi connectivity index (χ2v) is 6.24. The SMILES string of the molecule is CCOc1cc(CNC2CCCCC2O)cc(Br)c1OC. The number of hydrogen-bond acceptors (Lipinski definition) is 4. The van der Waals surface area contributed by atoms with Gasteiger partial charge in [-0.3, -0.25) is 0 Å². The summed E-state index contributed by atoms with van der Waals surface area (Å²) in [6.07, 6.45) is 4.02. The molecule has 1 aromatic rings. The van der Waals surface area contributed by atoms with E-state index in [1.54, 1.807) is 7.11 Å². The number of ether oxygens (including phenoxy) is 2. The average Bonchev–Trinajstić information content (AvgIpc) is 2.47. The van der Waals surface area contributed by atoms with Crippen molar-refractivity contribution in [2.45, 2.75) is 51.3 Å². The van der Waals surface area contributed by atoms with Gasteiger partial charge < -0.3 is 19.9 Å². The molecular weight excluding hydrogens is 334 g/mol. The van der Waals surface area contributed by atoms with E-state index in [2.05, 4.69) is 21.2 Å². The van der Waals surface area contributed by atoms with Crippen LogP contribution in [0.4, 0.5) is 0 Å². The van der Waals surface area contributed by atoms with Crippen LogP contribution in [0.25, 0.3) is 0 Å². The maximum absolute atomic E-state index is 10.0. The predicted molar refractivity (Wildman–Crippen MR) is 87.0 cm³/mol. The molecule has 0 bridgehead atoms. The van der Waals surface area contributed by atoms with Crippen molar-refractivity contribution in [2.24, 2.45) is 0 Å². The van der Waals surface area contributed by atoms with Crippen LogP contribution in [0.15, 0.2) is 16.6 Å². The molecule has 21 heavy (non-hydrogen) atoms. The van der Waals surface area contributed by atoms with Gasteiger partial charge in [0.1, 0.15) is 0 Å². The Morgan fingerprint density at radius 1 is 1.33 bits per heavy atom. The van der Waals surface area contributed by atoms with Crippen molar-refractivity contribution in [3.63, 3.8) is 0 Å². The van der Waals surface area contributed by atoms with E-state index in [-0.39, 0.29) is 12.1 Å². The Hall–Kier alpha value is -0.780. The highest BCUT2D eigenvalue weighted by molar-refractivity contribution is 9.10. The topological polar surface area (TPSA) is 50.7 Å². The Morgan fingerprint density at radius 3 is 2.76 bits per heavy atom. The molecule has 0 heterocycles. The average molecular weight is 358 g/mol. The van der Waals surface area contributed by atoms with Gasteiger partial charge in [0.2, 0.25) is 0 Å². The van der Waals surface area contributed by atoms with Gasteiger partial charge in [-0.2, -0.15) is 0 Å². The van der Waals surface area contributed by atoms with Crippen LogP contribution >= 0.6 is 15.9 Å². The van der Waals surface area contributed by atoms with E-state index in [0.717, 1.165) is 40.8 Å². The molecule has 0 radical (unpaired) electrons. The van der Waals surface area contributed by atoms with Gasteiger partial charge in [0, 0.05) is 12.6 Å². The summed E-state index contributed by atoms with van der Waals surface area (Å²) in [5.41, 5.74) is 1.11. The van der Waals surface area contributed by atoms with Crippen LogP contribution in [0.3, 0.4) is 0 Å². The number of hydrogen-bond donors (Lipinski definition) is 2. The van der Waals surface area contributed by atoms with Gasteiger partial charge in [0.05, 0.1) is 24.3 Å². The molecule has 0 spiro atoms. The summed E-state index contributed by atoms with van der Waals surface area (Å²) in [4.78, 5) is 0. The molecule has 0 saturated heterocycles. The summed E-state index contributed by atoms with van der Waals surface area (Å²) in [7, 11) is 1.64. The van der Waals surface area contributed by atoms with Crippen molar-refractivity contribution in [1.82, 2.24) is 5.32 Å². The third kappa shape index (κ3) is 4.34. The minimum Gasteiger partial charge on any atom is -0.492 e. The minimum atomic E-state index is -0.230. The zero-order chi connectivity index (χ0) is 15.2. The van der Waals surface area contributed by atoms with Crippen molar-refractivity contribution < 1.29 is 14.6 Å². The summed E-state index contributed by atoms with van der Waals surface area (Å²) in [6.45, 7) is 3.27. The molecule has 1 aliphatic carbocycles. The van der Waals surface area contributed by atoms with Crippen LogP contribution < -0.4 is 14.8 Å². The van der Waals surface area contributed by atoms with Gasteiger partial charge in [-0.05, 0) is 53.4 Å². The van der Waals surface area contributed by atoms with E-state index in [9.17, 15) is 5.11 Å². The molecule has 0 amide bonds. The highest BCUT2D eigenvalue weighted by Crippen LogP contribution is 2.36. The van der Waals surface area contributed by atoms with Gasteiger partial charge in [-0.15, -0.1) is 0 Å². The fourth-order valence-corrected chi connectivity index (χ4v) is 3.43. The lowest BCUT2D eigenvalue weighted by molar-refractivity contribution is 0.0902. The lowest BCUT2D eigenvalue weighted by atomic mass is 9.92. The highest BCUT2D eigenvalue weighted by atomic mass is 79.9. The quantitative estimate of drug-likeness (QED) is 0.820. The highest BCUT2D eigenvalue weighted by Gasteiger charge is 2.22. The fraction of sp³-hybridized carbons (Fsp3) is 0.625.